The van der Waals surface area contributed by atoms with Crippen molar-refractivity contribution in [2.45, 2.75) is 26.7 Å². The van der Waals surface area contributed by atoms with Gasteiger partial charge in [-0.2, -0.15) is 0 Å². The molecular formula is C28H27N5O2. The van der Waals surface area contributed by atoms with E-state index in [1.807, 2.05) is 45.4 Å². The molecule has 5 aromatic rings. The molecule has 7 nitrogen and oxygen atoms in total. The number of hydrogen-bond donors (Lipinski definition) is 1. The number of carbonyl (C=O) groups is 1. The number of aromatic nitrogens is 4. The molecule has 2 aromatic carbocycles. The van der Waals surface area contributed by atoms with Crippen molar-refractivity contribution in [3.8, 4) is 22.4 Å². The van der Waals surface area contributed by atoms with Crippen LogP contribution in [-0.2, 0) is 14.1 Å². The summed E-state index contributed by atoms with van der Waals surface area (Å²) in [4.78, 5) is 33.1. The fourth-order valence-electron chi connectivity index (χ4n) is 4.84. The molecule has 0 atom stereocenters. The van der Waals surface area contributed by atoms with Crippen molar-refractivity contribution in [2.24, 2.45) is 19.8 Å². The van der Waals surface area contributed by atoms with Gasteiger partial charge in [0.2, 0.25) is 0 Å². The second-order valence-electron chi connectivity index (χ2n) is 9.34. The van der Waals surface area contributed by atoms with Gasteiger partial charge < -0.3 is 5.73 Å². The van der Waals surface area contributed by atoms with E-state index in [0.717, 1.165) is 49.8 Å². The van der Waals surface area contributed by atoms with Gasteiger partial charge in [0, 0.05) is 37.4 Å². The number of pyridine rings is 2. The molecule has 0 spiro atoms. The van der Waals surface area contributed by atoms with Crippen molar-refractivity contribution < 1.29 is 4.79 Å². The average molecular weight is 466 g/mol. The molecular weight excluding hydrogens is 438 g/mol. The second kappa shape index (κ2) is 8.20. The molecule has 0 fully saturated rings. The van der Waals surface area contributed by atoms with Gasteiger partial charge in [0.15, 0.2) is 0 Å². The Bertz CT molecular complexity index is 1710. The Hall–Kier alpha value is -4.26. The number of benzene rings is 2. The standard InChI is InChI=1S/C28H27N5O2/c1-15(2)21-10-18(12-24-26(21)33(5)28(35)32(24)4)20-8-6-7-17-11-23(30-14-22(17)20)19-9-16(3)25(27(29)34)31-13-19/h6-15H,1-5H3,(H2,29,34). The predicted octanol–water partition coefficient (Wildman–Crippen LogP) is 4.68. The van der Waals surface area contributed by atoms with Crippen molar-refractivity contribution in [1.82, 2.24) is 19.1 Å². The first kappa shape index (κ1) is 22.5. The largest absolute Gasteiger partial charge is 0.364 e. The van der Waals surface area contributed by atoms with E-state index in [-0.39, 0.29) is 17.3 Å². The van der Waals surface area contributed by atoms with Crippen LogP contribution in [0.25, 0.3) is 44.2 Å². The Morgan fingerprint density at radius 2 is 1.74 bits per heavy atom. The monoisotopic (exact) mass is 465 g/mol. The summed E-state index contributed by atoms with van der Waals surface area (Å²) in [7, 11) is 3.64. The molecule has 1 amide bonds. The fourth-order valence-corrected chi connectivity index (χ4v) is 4.84. The topological polar surface area (TPSA) is 95.8 Å². The Morgan fingerprint density at radius 3 is 2.43 bits per heavy atom. The van der Waals surface area contributed by atoms with Crippen LogP contribution >= 0.6 is 0 Å². The molecule has 0 aliphatic carbocycles. The van der Waals surface area contributed by atoms with Gasteiger partial charge in [-0.1, -0.05) is 32.0 Å². The molecule has 0 bridgehead atoms. The SMILES string of the molecule is Cc1cc(-c2cc3cccc(-c4cc(C(C)C)c5c(c4)n(C)c(=O)n5C)c3cn2)cnc1C(N)=O. The number of fused-ring (bicyclic) bond motifs is 2. The van der Waals surface area contributed by atoms with Gasteiger partial charge >= 0.3 is 5.69 Å². The van der Waals surface area contributed by atoms with Crippen LogP contribution in [0.4, 0.5) is 0 Å². The quantitative estimate of drug-likeness (QED) is 0.417. The van der Waals surface area contributed by atoms with Crippen molar-refractivity contribution in [1.29, 1.82) is 0 Å². The van der Waals surface area contributed by atoms with Gasteiger partial charge in [0.25, 0.3) is 5.91 Å². The summed E-state index contributed by atoms with van der Waals surface area (Å²) in [6, 6.07) is 14.4. The highest BCUT2D eigenvalue weighted by atomic mass is 16.2. The lowest BCUT2D eigenvalue weighted by Crippen LogP contribution is -2.19. The lowest BCUT2D eigenvalue weighted by atomic mass is 9.93. The van der Waals surface area contributed by atoms with Gasteiger partial charge in [0.1, 0.15) is 5.69 Å². The summed E-state index contributed by atoms with van der Waals surface area (Å²) in [5.74, 6) is -0.289. The summed E-state index contributed by atoms with van der Waals surface area (Å²) in [5.41, 5.74) is 13.1. The van der Waals surface area contributed by atoms with Crippen LogP contribution in [0.5, 0.6) is 0 Å². The van der Waals surface area contributed by atoms with E-state index in [0.29, 0.717) is 5.56 Å². The maximum atomic E-state index is 12.7. The van der Waals surface area contributed by atoms with Crippen LogP contribution in [-0.4, -0.2) is 25.0 Å². The Kier molecular flexibility index (Phi) is 5.28. The maximum Gasteiger partial charge on any atom is 0.328 e. The fraction of sp³-hybridized carbons (Fsp3) is 0.214. The minimum atomic E-state index is -0.543. The van der Waals surface area contributed by atoms with Gasteiger partial charge in [-0.3, -0.25) is 23.9 Å². The van der Waals surface area contributed by atoms with Crippen LogP contribution < -0.4 is 11.4 Å². The molecule has 2 N–H and O–H groups in total. The molecule has 176 valence electrons. The zero-order valence-corrected chi connectivity index (χ0v) is 20.5. The van der Waals surface area contributed by atoms with Crippen molar-refractivity contribution >= 4 is 27.7 Å². The summed E-state index contributed by atoms with van der Waals surface area (Å²) in [6.45, 7) is 6.11. The minimum absolute atomic E-state index is 0.0328. The summed E-state index contributed by atoms with van der Waals surface area (Å²) < 4.78 is 3.43. The molecule has 0 radical (unpaired) electrons. The van der Waals surface area contributed by atoms with E-state index >= 15 is 0 Å². The number of hydrogen-bond acceptors (Lipinski definition) is 4. The zero-order chi connectivity index (χ0) is 25.0. The number of aryl methyl sites for hydroxylation is 3. The highest BCUT2D eigenvalue weighted by Gasteiger charge is 2.18. The Morgan fingerprint density at radius 1 is 0.971 bits per heavy atom. The van der Waals surface area contributed by atoms with Crippen molar-refractivity contribution in [3.63, 3.8) is 0 Å². The first-order valence-electron chi connectivity index (χ1n) is 11.5. The number of nitrogens with zero attached hydrogens (tertiary/aromatic N) is 4. The van der Waals surface area contributed by atoms with Gasteiger partial charge in [0.05, 0.1) is 16.7 Å². The zero-order valence-electron chi connectivity index (χ0n) is 20.5. The number of amides is 1. The molecule has 0 unspecified atom stereocenters. The molecule has 0 aliphatic rings. The lowest BCUT2D eigenvalue weighted by molar-refractivity contribution is 0.0995. The third kappa shape index (κ3) is 3.60. The maximum absolute atomic E-state index is 12.7. The van der Waals surface area contributed by atoms with E-state index in [1.54, 1.807) is 15.3 Å². The summed E-state index contributed by atoms with van der Waals surface area (Å²) >= 11 is 0. The predicted molar refractivity (Wildman–Crippen MR) is 139 cm³/mol. The molecule has 3 heterocycles. The Balaban J connectivity index is 1.69. The average Bonchev–Trinajstić information content (AvgIpc) is 3.06. The summed E-state index contributed by atoms with van der Waals surface area (Å²) in [5, 5.41) is 2.06. The summed E-state index contributed by atoms with van der Waals surface area (Å²) in [6.07, 6.45) is 3.50. The number of imidazole rings is 1. The molecule has 0 saturated heterocycles. The third-order valence-electron chi connectivity index (χ3n) is 6.70. The van der Waals surface area contributed by atoms with Crippen LogP contribution in [0, 0.1) is 6.92 Å². The number of carbonyl (C=O) groups excluding carboxylic acids is 1. The number of primary amides is 1. The van der Waals surface area contributed by atoms with Gasteiger partial charge in [-0.15, -0.1) is 0 Å². The van der Waals surface area contributed by atoms with E-state index in [2.05, 4.69) is 43.1 Å². The van der Waals surface area contributed by atoms with Crippen LogP contribution in [0.2, 0.25) is 0 Å². The minimum Gasteiger partial charge on any atom is -0.364 e. The molecule has 3 aromatic heterocycles. The normalized spacial score (nSPS) is 11.6. The highest BCUT2D eigenvalue weighted by Crippen LogP contribution is 2.35. The first-order chi connectivity index (χ1) is 16.7. The van der Waals surface area contributed by atoms with Crippen LogP contribution in [0.3, 0.4) is 0 Å². The van der Waals surface area contributed by atoms with E-state index < -0.39 is 5.91 Å². The lowest BCUT2D eigenvalue weighted by Gasteiger charge is -2.14. The first-order valence-corrected chi connectivity index (χ1v) is 11.5. The van der Waals surface area contributed by atoms with Crippen LogP contribution in [0.1, 0.15) is 41.4 Å². The molecule has 0 aliphatic heterocycles. The van der Waals surface area contributed by atoms with E-state index in [4.69, 9.17) is 10.7 Å². The molecule has 35 heavy (non-hydrogen) atoms. The van der Waals surface area contributed by atoms with Gasteiger partial charge in [-0.05, 0) is 64.7 Å². The Labute approximate surface area is 202 Å². The van der Waals surface area contributed by atoms with E-state index in [1.165, 1.54) is 0 Å². The van der Waals surface area contributed by atoms with Gasteiger partial charge in [-0.25, -0.2) is 4.79 Å². The number of rotatable bonds is 4. The third-order valence-corrected chi connectivity index (χ3v) is 6.70. The van der Waals surface area contributed by atoms with Crippen molar-refractivity contribution in [3.05, 3.63) is 82.2 Å². The molecule has 5 rings (SSSR count). The molecule has 0 saturated carbocycles. The smallest absolute Gasteiger partial charge is 0.328 e. The van der Waals surface area contributed by atoms with Crippen LogP contribution in [0.15, 0.2) is 59.7 Å². The highest BCUT2D eigenvalue weighted by molar-refractivity contribution is 6.00. The second-order valence-corrected chi connectivity index (χ2v) is 9.34. The number of nitrogens with two attached hydrogens (primary N) is 1. The van der Waals surface area contributed by atoms with Crippen molar-refractivity contribution in [2.75, 3.05) is 0 Å². The molecule has 7 heteroatoms. The van der Waals surface area contributed by atoms with E-state index in [9.17, 15) is 9.59 Å².